The highest BCUT2D eigenvalue weighted by atomic mass is 35.5. The zero-order valence-corrected chi connectivity index (χ0v) is 17.2. The molecule has 0 fully saturated rings. The number of ether oxygens (including phenoxy) is 1. The molecule has 0 radical (unpaired) electrons. The topological polar surface area (TPSA) is 87.7 Å². The Kier molecular flexibility index (Phi) is 5.22. The van der Waals surface area contributed by atoms with Gasteiger partial charge in [-0.15, -0.1) is 0 Å². The number of cyclic esters (lactones) is 1. The smallest absolute Gasteiger partial charge is 0.338 e. The fourth-order valence-electron chi connectivity index (χ4n) is 3.62. The Morgan fingerprint density at radius 2 is 2.03 bits per heavy atom. The minimum absolute atomic E-state index is 0.0601. The summed E-state index contributed by atoms with van der Waals surface area (Å²) >= 11 is 6.07. The van der Waals surface area contributed by atoms with Crippen LogP contribution < -0.4 is 10.6 Å². The van der Waals surface area contributed by atoms with Crippen LogP contribution >= 0.6 is 11.6 Å². The molecular formula is C22H20ClN3O4. The minimum atomic E-state index is -0.681. The number of aryl methyl sites for hydroxylation is 2. The molecule has 0 aliphatic carbocycles. The average Bonchev–Trinajstić information content (AvgIpc) is 3.08. The van der Waals surface area contributed by atoms with E-state index in [1.54, 1.807) is 24.3 Å². The van der Waals surface area contributed by atoms with Crippen LogP contribution in [-0.2, 0) is 14.3 Å². The van der Waals surface area contributed by atoms with E-state index in [0.717, 1.165) is 11.1 Å². The largest absolute Gasteiger partial charge is 0.456 e. The van der Waals surface area contributed by atoms with Crippen LogP contribution in [0.2, 0.25) is 5.02 Å². The van der Waals surface area contributed by atoms with Crippen molar-refractivity contribution in [2.75, 3.05) is 18.5 Å². The number of nitrogens with zero attached hydrogens (tertiary/aromatic N) is 1. The van der Waals surface area contributed by atoms with Gasteiger partial charge in [0.25, 0.3) is 0 Å². The summed E-state index contributed by atoms with van der Waals surface area (Å²) in [5, 5.41) is 6.12. The van der Waals surface area contributed by atoms with Crippen LogP contribution in [0, 0.1) is 13.8 Å². The highest BCUT2D eigenvalue weighted by molar-refractivity contribution is 6.30. The molecule has 0 saturated heterocycles. The van der Waals surface area contributed by atoms with Gasteiger partial charge < -0.3 is 15.4 Å². The number of halogens is 1. The highest BCUT2D eigenvalue weighted by Gasteiger charge is 2.42. The maximum atomic E-state index is 12.8. The lowest BCUT2D eigenvalue weighted by Gasteiger charge is -2.32. The Morgan fingerprint density at radius 3 is 2.80 bits per heavy atom. The predicted octanol–water partition coefficient (Wildman–Crippen LogP) is 3.47. The molecule has 154 valence electrons. The number of hydrogen-bond acceptors (Lipinski definition) is 4. The summed E-state index contributed by atoms with van der Waals surface area (Å²) in [5.74, 6) is -0.888. The Labute approximate surface area is 178 Å². The third kappa shape index (κ3) is 3.76. The maximum absolute atomic E-state index is 12.8. The summed E-state index contributed by atoms with van der Waals surface area (Å²) in [7, 11) is 0. The summed E-state index contributed by atoms with van der Waals surface area (Å²) in [6.45, 7) is 3.52. The van der Waals surface area contributed by atoms with Crippen LogP contribution in [0.25, 0.3) is 0 Å². The highest BCUT2D eigenvalue weighted by Crippen LogP contribution is 2.35. The molecule has 2 aromatic carbocycles. The zero-order chi connectivity index (χ0) is 21.4. The number of nitrogens with one attached hydrogen (secondary N) is 2. The van der Waals surface area contributed by atoms with Crippen LogP contribution in [0.1, 0.15) is 22.7 Å². The first-order valence-electron chi connectivity index (χ1n) is 9.44. The van der Waals surface area contributed by atoms with Gasteiger partial charge in [-0.2, -0.15) is 0 Å². The molecule has 2 aliphatic heterocycles. The zero-order valence-electron chi connectivity index (χ0n) is 16.5. The van der Waals surface area contributed by atoms with Gasteiger partial charge in [-0.05, 0) is 48.7 Å². The van der Waals surface area contributed by atoms with Crippen molar-refractivity contribution < 1.29 is 19.1 Å². The van der Waals surface area contributed by atoms with E-state index in [1.165, 1.54) is 4.90 Å². The SMILES string of the molecule is Cc1ccc(C)c(NC(=O)CN2C(=O)NC(c3cccc(Cl)c3)C3=C2COC3=O)c1. The standard InChI is InChI=1S/C22H20ClN3O4/c1-12-6-7-13(2)16(8-12)24-18(27)10-26-17-11-30-21(28)19(17)20(25-22(26)29)14-4-3-5-15(23)9-14/h3-9,20H,10-11H2,1-2H3,(H,24,27)(H,25,29). The maximum Gasteiger partial charge on any atom is 0.338 e. The number of rotatable bonds is 4. The Bertz CT molecular complexity index is 1100. The van der Waals surface area contributed by atoms with Crippen molar-refractivity contribution in [2.24, 2.45) is 0 Å². The molecule has 30 heavy (non-hydrogen) atoms. The minimum Gasteiger partial charge on any atom is -0.456 e. The number of carbonyl (C=O) groups excluding carboxylic acids is 3. The number of carbonyl (C=O) groups is 3. The van der Waals surface area contributed by atoms with Gasteiger partial charge >= 0.3 is 12.0 Å². The van der Waals surface area contributed by atoms with Gasteiger partial charge in [-0.1, -0.05) is 35.9 Å². The summed E-state index contributed by atoms with van der Waals surface area (Å²) in [6.07, 6.45) is 0. The van der Waals surface area contributed by atoms with E-state index in [2.05, 4.69) is 10.6 Å². The molecule has 0 bridgehead atoms. The quantitative estimate of drug-likeness (QED) is 0.734. The molecule has 2 aromatic rings. The van der Waals surface area contributed by atoms with Crippen molar-refractivity contribution in [3.63, 3.8) is 0 Å². The number of urea groups is 1. The molecule has 0 saturated carbocycles. The predicted molar refractivity (Wildman–Crippen MR) is 112 cm³/mol. The van der Waals surface area contributed by atoms with E-state index >= 15 is 0 Å². The third-order valence-electron chi connectivity index (χ3n) is 5.15. The number of esters is 1. The molecular weight excluding hydrogens is 406 g/mol. The summed E-state index contributed by atoms with van der Waals surface area (Å²) < 4.78 is 5.18. The van der Waals surface area contributed by atoms with E-state index < -0.39 is 18.0 Å². The number of benzene rings is 2. The molecule has 2 N–H and O–H groups in total. The van der Waals surface area contributed by atoms with E-state index in [0.29, 0.717) is 27.5 Å². The normalized spacial score (nSPS) is 18.1. The molecule has 1 unspecified atom stereocenters. The van der Waals surface area contributed by atoms with Crippen LogP contribution in [0.3, 0.4) is 0 Å². The molecule has 2 heterocycles. The Morgan fingerprint density at radius 1 is 1.23 bits per heavy atom. The molecule has 0 aromatic heterocycles. The van der Waals surface area contributed by atoms with Gasteiger partial charge in [-0.3, -0.25) is 9.69 Å². The first-order chi connectivity index (χ1) is 14.3. The van der Waals surface area contributed by atoms with E-state index in [-0.39, 0.29) is 19.1 Å². The molecule has 7 nitrogen and oxygen atoms in total. The second kappa shape index (κ2) is 7.84. The molecule has 1 atom stereocenters. The van der Waals surface area contributed by atoms with Crippen LogP contribution in [0.4, 0.5) is 10.5 Å². The van der Waals surface area contributed by atoms with E-state index in [1.807, 2.05) is 32.0 Å². The summed E-state index contributed by atoms with van der Waals surface area (Å²) in [6, 6.07) is 11.5. The lowest BCUT2D eigenvalue weighted by Crippen LogP contribution is -2.49. The van der Waals surface area contributed by atoms with Gasteiger partial charge in [0.05, 0.1) is 17.3 Å². The van der Waals surface area contributed by atoms with Crippen molar-refractivity contribution in [3.8, 4) is 0 Å². The van der Waals surface area contributed by atoms with Crippen LogP contribution in [0.15, 0.2) is 53.7 Å². The van der Waals surface area contributed by atoms with Gasteiger partial charge in [0.1, 0.15) is 13.2 Å². The Hall–Kier alpha value is -3.32. The van der Waals surface area contributed by atoms with Crippen molar-refractivity contribution in [3.05, 3.63) is 75.4 Å². The van der Waals surface area contributed by atoms with Gasteiger partial charge in [0.2, 0.25) is 5.91 Å². The second-order valence-corrected chi connectivity index (χ2v) is 7.76. The Balaban J connectivity index is 1.60. The second-order valence-electron chi connectivity index (χ2n) is 7.33. The summed E-state index contributed by atoms with van der Waals surface area (Å²) in [5.41, 5.74) is 3.98. The first kappa shape index (κ1) is 20.0. The molecule has 3 amide bonds. The molecule has 4 rings (SSSR count). The third-order valence-corrected chi connectivity index (χ3v) is 5.38. The molecule has 0 spiro atoms. The average molecular weight is 426 g/mol. The lowest BCUT2D eigenvalue weighted by atomic mass is 9.96. The number of anilines is 1. The van der Waals surface area contributed by atoms with Crippen molar-refractivity contribution in [2.45, 2.75) is 19.9 Å². The van der Waals surface area contributed by atoms with Crippen LogP contribution in [0.5, 0.6) is 0 Å². The van der Waals surface area contributed by atoms with E-state index in [4.69, 9.17) is 16.3 Å². The summed E-state index contributed by atoms with van der Waals surface area (Å²) in [4.78, 5) is 39.1. The lowest BCUT2D eigenvalue weighted by molar-refractivity contribution is -0.136. The monoisotopic (exact) mass is 425 g/mol. The molecule has 8 heteroatoms. The van der Waals surface area contributed by atoms with Gasteiger partial charge in [0, 0.05) is 10.7 Å². The fraction of sp³-hybridized carbons (Fsp3) is 0.227. The van der Waals surface area contributed by atoms with Gasteiger partial charge in [0.15, 0.2) is 0 Å². The van der Waals surface area contributed by atoms with E-state index in [9.17, 15) is 14.4 Å². The van der Waals surface area contributed by atoms with Crippen molar-refractivity contribution >= 4 is 35.2 Å². The fourth-order valence-corrected chi connectivity index (χ4v) is 3.82. The molecule has 2 aliphatic rings. The number of amides is 3. The van der Waals surface area contributed by atoms with Crippen molar-refractivity contribution in [1.29, 1.82) is 0 Å². The van der Waals surface area contributed by atoms with Gasteiger partial charge in [-0.25, -0.2) is 9.59 Å². The number of hydrogen-bond donors (Lipinski definition) is 2. The first-order valence-corrected chi connectivity index (χ1v) is 9.82. The van der Waals surface area contributed by atoms with Crippen LogP contribution in [-0.4, -0.2) is 36.0 Å². The van der Waals surface area contributed by atoms with Crippen molar-refractivity contribution in [1.82, 2.24) is 10.2 Å².